The molecule has 1 rings (SSSR count). The lowest BCUT2D eigenvalue weighted by Gasteiger charge is -2.34. The van der Waals surface area contributed by atoms with Crippen LogP contribution >= 0.6 is 34.8 Å². The summed E-state index contributed by atoms with van der Waals surface area (Å²) in [5.74, 6) is -0.0817. The third kappa shape index (κ3) is 3.66. The van der Waals surface area contributed by atoms with Crippen molar-refractivity contribution in [1.82, 2.24) is 10.2 Å². The van der Waals surface area contributed by atoms with Crippen LogP contribution in [0, 0.1) is 5.92 Å². The number of nitrogens with zero attached hydrogens (tertiary/aromatic N) is 1. The first kappa shape index (κ1) is 14.4. The molecule has 1 amide bonds. The molecule has 0 aromatic carbocycles. The van der Waals surface area contributed by atoms with Gasteiger partial charge in [-0.2, -0.15) is 0 Å². The highest BCUT2D eigenvalue weighted by molar-refractivity contribution is 6.76. The fourth-order valence-corrected chi connectivity index (χ4v) is 2.24. The zero-order valence-corrected chi connectivity index (χ0v) is 11.7. The molecular formula is C10H17Cl3N2O. The summed E-state index contributed by atoms with van der Waals surface area (Å²) < 4.78 is -1.85. The first-order chi connectivity index (χ1) is 7.34. The molecular weight excluding hydrogens is 270 g/mol. The predicted molar refractivity (Wildman–Crippen MR) is 68.1 cm³/mol. The van der Waals surface area contributed by atoms with Crippen molar-refractivity contribution >= 4 is 40.7 Å². The number of amides is 1. The van der Waals surface area contributed by atoms with Crippen LogP contribution in [0.25, 0.3) is 0 Å². The highest BCUT2D eigenvalue weighted by Gasteiger charge is 2.39. The second-order valence-corrected chi connectivity index (χ2v) is 6.65. The summed E-state index contributed by atoms with van der Waals surface area (Å²) in [6.07, 6.45) is 0.885. The van der Waals surface area contributed by atoms with E-state index >= 15 is 0 Å². The summed E-state index contributed by atoms with van der Waals surface area (Å²) >= 11 is 17.0. The summed E-state index contributed by atoms with van der Waals surface area (Å²) in [6.45, 7) is 6.42. The number of halogens is 3. The van der Waals surface area contributed by atoms with Gasteiger partial charge in [0.15, 0.2) is 0 Å². The van der Waals surface area contributed by atoms with E-state index in [9.17, 15) is 4.79 Å². The lowest BCUT2D eigenvalue weighted by atomic mass is 10.0. The Bertz CT molecular complexity index is 253. The third-order valence-corrected chi connectivity index (χ3v) is 3.26. The number of carbonyl (C=O) groups excluding carboxylic acids is 1. The largest absolute Gasteiger partial charge is 0.334 e. The van der Waals surface area contributed by atoms with Gasteiger partial charge in [-0.05, 0) is 18.9 Å². The van der Waals surface area contributed by atoms with Crippen LogP contribution in [0.2, 0.25) is 0 Å². The number of carbonyl (C=O) groups is 1. The molecule has 94 valence electrons. The van der Waals surface area contributed by atoms with Crippen LogP contribution in [0.5, 0.6) is 0 Å². The third-order valence-electron chi connectivity index (χ3n) is 2.78. The van der Waals surface area contributed by atoms with Gasteiger partial charge in [0.05, 0.1) is 0 Å². The van der Waals surface area contributed by atoms with Crippen molar-refractivity contribution in [2.24, 2.45) is 5.92 Å². The van der Waals surface area contributed by atoms with Crippen molar-refractivity contribution in [3.63, 3.8) is 0 Å². The summed E-state index contributed by atoms with van der Waals surface area (Å²) in [5.41, 5.74) is 0. The summed E-state index contributed by atoms with van der Waals surface area (Å²) in [6, 6.07) is 0.0885. The van der Waals surface area contributed by atoms with E-state index < -0.39 is 9.70 Å². The maximum atomic E-state index is 12.0. The van der Waals surface area contributed by atoms with Gasteiger partial charge in [-0.1, -0.05) is 48.7 Å². The van der Waals surface area contributed by atoms with E-state index in [1.807, 2.05) is 0 Å². The SMILES string of the molecule is CC(C)C1CNCCCN1C(=O)C(Cl)(Cl)Cl. The second-order valence-electron chi connectivity index (χ2n) is 4.37. The van der Waals surface area contributed by atoms with E-state index in [1.54, 1.807) is 4.90 Å². The fraction of sp³-hybridized carbons (Fsp3) is 0.900. The molecule has 0 aromatic heterocycles. The Kier molecular flexibility index (Phi) is 5.17. The topological polar surface area (TPSA) is 32.3 Å². The molecule has 0 saturated carbocycles. The van der Waals surface area contributed by atoms with E-state index in [4.69, 9.17) is 34.8 Å². The van der Waals surface area contributed by atoms with Crippen LogP contribution in [-0.2, 0) is 4.79 Å². The predicted octanol–water partition coefficient (Wildman–Crippen LogP) is 2.20. The molecule has 0 bridgehead atoms. The average Bonchev–Trinajstić information content (AvgIpc) is 2.39. The highest BCUT2D eigenvalue weighted by atomic mass is 35.6. The molecule has 1 unspecified atom stereocenters. The molecule has 3 nitrogen and oxygen atoms in total. The van der Waals surface area contributed by atoms with E-state index in [-0.39, 0.29) is 6.04 Å². The minimum absolute atomic E-state index is 0.0885. The van der Waals surface area contributed by atoms with E-state index in [2.05, 4.69) is 19.2 Å². The normalized spacial score (nSPS) is 23.4. The molecule has 1 saturated heterocycles. The number of nitrogens with one attached hydrogen (secondary N) is 1. The van der Waals surface area contributed by atoms with Gasteiger partial charge < -0.3 is 10.2 Å². The minimum atomic E-state index is -1.85. The molecule has 0 aromatic rings. The summed E-state index contributed by atoms with van der Waals surface area (Å²) in [5, 5.41) is 3.29. The molecule has 1 aliphatic heterocycles. The number of rotatable bonds is 1. The standard InChI is InChI=1S/C10H17Cl3N2O/c1-7(2)8-6-14-4-3-5-15(8)9(16)10(11,12)13/h7-8,14H,3-6H2,1-2H3. The fourth-order valence-electron chi connectivity index (χ4n) is 1.91. The molecule has 6 heteroatoms. The molecule has 1 N–H and O–H groups in total. The Morgan fingerprint density at radius 2 is 2.06 bits per heavy atom. The Morgan fingerprint density at radius 1 is 1.44 bits per heavy atom. The second kappa shape index (κ2) is 5.76. The van der Waals surface area contributed by atoms with Crippen molar-refractivity contribution < 1.29 is 4.79 Å². The number of hydrogen-bond acceptors (Lipinski definition) is 2. The van der Waals surface area contributed by atoms with Crippen molar-refractivity contribution in [3.05, 3.63) is 0 Å². The Morgan fingerprint density at radius 3 is 2.56 bits per heavy atom. The van der Waals surface area contributed by atoms with Crippen LogP contribution in [-0.4, -0.2) is 40.3 Å². The Balaban J connectivity index is 2.83. The van der Waals surface area contributed by atoms with Crippen LogP contribution in [0.1, 0.15) is 20.3 Å². The molecule has 1 fully saturated rings. The highest BCUT2D eigenvalue weighted by Crippen LogP contribution is 2.30. The van der Waals surface area contributed by atoms with E-state index in [0.717, 1.165) is 19.5 Å². The van der Waals surface area contributed by atoms with E-state index in [1.165, 1.54) is 0 Å². The average molecular weight is 288 g/mol. The molecule has 0 spiro atoms. The van der Waals surface area contributed by atoms with Crippen LogP contribution in [0.15, 0.2) is 0 Å². The Hall–Kier alpha value is 0.300. The van der Waals surface area contributed by atoms with E-state index in [0.29, 0.717) is 12.5 Å². The molecule has 1 aliphatic rings. The Labute approximate surface area is 111 Å². The smallest absolute Gasteiger partial charge is 0.275 e. The van der Waals surface area contributed by atoms with Crippen LogP contribution in [0.4, 0.5) is 0 Å². The van der Waals surface area contributed by atoms with Crippen molar-refractivity contribution in [2.45, 2.75) is 30.1 Å². The van der Waals surface area contributed by atoms with Gasteiger partial charge in [-0.15, -0.1) is 0 Å². The molecule has 0 aliphatic carbocycles. The molecule has 1 atom stereocenters. The van der Waals surface area contributed by atoms with Crippen molar-refractivity contribution in [1.29, 1.82) is 0 Å². The van der Waals surface area contributed by atoms with Gasteiger partial charge in [0.2, 0.25) is 0 Å². The number of hydrogen-bond donors (Lipinski definition) is 1. The summed E-state index contributed by atoms with van der Waals surface area (Å²) in [4.78, 5) is 13.7. The van der Waals surface area contributed by atoms with Crippen molar-refractivity contribution in [2.75, 3.05) is 19.6 Å². The zero-order valence-electron chi connectivity index (χ0n) is 9.47. The van der Waals surface area contributed by atoms with Gasteiger partial charge in [0.25, 0.3) is 9.70 Å². The van der Waals surface area contributed by atoms with Gasteiger partial charge in [0.1, 0.15) is 0 Å². The van der Waals surface area contributed by atoms with Gasteiger partial charge in [-0.3, -0.25) is 4.79 Å². The maximum absolute atomic E-state index is 12.0. The zero-order chi connectivity index (χ0) is 12.3. The van der Waals surface area contributed by atoms with Gasteiger partial charge in [0, 0.05) is 19.1 Å². The maximum Gasteiger partial charge on any atom is 0.275 e. The molecule has 1 heterocycles. The quantitative estimate of drug-likeness (QED) is 0.750. The molecule has 16 heavy (non-hydrogen) atoms. The monoisotopic (exact) mass is 286 g/mol. The van der Waals surface area contributed by atoms with Crippen LogP contribution < -0.4 is 5.32 Å². The van der Waals surface area contributed by atoms with Crippen LogP contribution in [0.3, 0.4) is 0 Å². The molecule has 0 radical (unpaired) electrons. The first-order valence-corrected chi connectivity index (χ1v) is 6.56. The lowest BCUT2D eigenvalue weighted by molar-refractivity contribution is -0.133. The van der Waals surface area contributed by atoms with Gasteiger partial charge in [-0.25, -0.2) is 0 Å². The lowest BCUT2D eigenvalue weighted by Crippen LogP contribution is -2.50. The summed E-state index contributed by atoms with van der Waals surface area (Å²) in [7, 11) is 0. The minimum Gasteiger partial charge on any atom is -0.334 e. The number of alkyl halides is 3. The first-order valence-electron chi connectivity index (χ1n) is 5.42. The van der Waals surface area contributed by atoms with Crippen molar-refractivity contribution in [3.8, 4) is 0 Å². The van der Waals surface area contributed by atoms with Gasteiger partial charge >= 0.3 is 0 Å².